The van der Waals surface area contributed by atoms with Crippen LogP contribution in [-0.4, -0.2) is 38.2 Å². The van der Waals surface area contributed by atoms with E-state index >= 15 is 0 Å². The molecule has 10 heteroatoms. The SMILES string of the molecule is COc1ccc(O)c(C(=NN)c2nc3nonc3nc2Nc2ccccc2)c1. The van der Waals surface area contributed by atoms with Gasteiger partial charge in [0.05, 0.1) is 7.11 Å². The average molecular weight is 377 g/mol. The number of nitrogens with two attached hydrogens (primary N) is 1. The van der Waals surface area contributed by atoms with Crippen molar-refractivity contribution >= 4 is 28.5 Å². The smallest absolute Gasteiger partial charge is 0.245 e. The van der Waals surface area contributed by atoms with E-state index in [0.29, 0.717) is 17.1 Å². The number of hydrogen-bond acceptors (Lipinski definition) is 10. The summed E-state index contributed by atoms with van der Waals surface area (Å²) in [6.07, 6.45) is 0. The van der Waals surface area contributed by atoms with Crippen LogP contribution in [0.15, 0.2) is 58.3 Å². The molecule has 0 unspecified atom stereocenters. The molecule has 10 nitrogen and oxygen atoms in total. The molecular formula is C18H15N7O3. The van der Waals surface area contributed by atoms with Crippen molar-refractivity contribution in [3.63, 3.8) is 0 Å². The highest BCUT2D eigenvalue weighted by Crippen LogP contribution is 2.29. The van der Waals surface area contributed by atoms with Crippen LogP contribution in [0.3, 0.4) is 0 Å². The first kappa shape index (κ1) is 17.2. The third-order valence-electron chi connectivity index (χ3n) is 3.96. The van der Waals surface area contributed by atoms with Gasteiger partial charge in [0.2, 0.25) is 11.3 Å². The van der Waals surface area contributed by atoms with Crippen LogP contribution in [0.2, 0.25) is 0 Å². The summed E-state index contributed by atoms with van der Waals surface area (Å²) in [6, 6.07) is 14.1. The largest absolute Gasteiger partial charge is 0.507 e. The molecule has 4 aromatic rings. The van der Waals surface area contributed by atoms with Gasteiger partial charge in [0.25, 0.3) is 0 Å². The van der Waals surface area contributed by atoms with Crippen molar-refractivity contribution < 1.29 is 14.5 Å². The van der Waals surface area contributed by atoms with Gasteiger partial charge in [-0.3, -0.25) is 0 Å². The average Bonchev–Trinajstić information content (AvgIpc) is 3.18. The Balaban J connectivity index is 1.89. The third-order valence-corrected chi connectivity index (χ3v) is 3.96. The lowest BCUT2D eigenvalue weighted by Crippen LogP contribution is -2.14. The summed E-state index contributed by atoms with van der Waals surface area (Å²) in [5.74, 6) is 6.45. The molecule has 0 radical (unpaired) electrons. The standard InChI is InChI=1S/C18H15N7O3/c1-27-11-7-8-13(26)12(9-11)14(23-19)15-16(20-10-5-3-2-4-6-10)22-18-17(21-15)24-28-25-18/h2-9,26H,19H2,1H3,(H,20,22,25). The summed E-state index contributed by atoms with van der Waals surface area (Å²) in [5.41, 5.74) is 1.93. The molecule has 140 valence electrons. The quantitative estimate of drug-likeness (QED) is 0.271. The maximum absolute atomic E-state index is 10.3. The monoisotopic (exact) mass is 377 g/mol. The van der Waals surface area contributed by atoms with Crippen LogP contribution in [0.5, 0.6) is 11.5 Å². The van der Waals surface area contributed by atoms with E-state index in [2.05, 4.69) is 30.7 Å². The van der Waals surface area contributed by atoms with Gasteiger partial charge < -0.3 is 21.0 Å². The van der Waals surface area contributed by atoms with Crippen LogP contribution >= 0.6 is 0 Å². The Morgan fingerprint density at radius 2 is 1.86 bits per heavy atom. The highest BCUT2D eigenvalue weighted by atomic mass is 16.6. The lowest BCUT2D eigenvalue weighted by Gasteiger charge is -2.13. The Morgan fingerprint density at radius 3 is 2.57 bits per heavy atom. The van der Waals surface area contributed by atoms with Gasteiger partial charge in [-0.2, -0.15) is 5.10 Å². The minimum absolute atomic E-state index is 0.0455. The number of ether oxygens (including phenoxy) is 1. The summed E-state index contributed by atoms with van der Waals surface area (Å²) < 4.78 is 9.94. The summed E-state index contributed by atoms with van der Waals surface area (Å²) in [5, 5.41) is 24.8. The molecular weight excluding hydrogens is 362 g/mol. The highest BCUT2D eigenvalue weighted by Gasteiger charge is 2.22. The zero-order valence-corrected chi connectivity index (χ0v) is 14.7. The van der Waals surface area contributed by atoms with Crippen molar-refractivity contribution in [2.75, 3.05) is 12.4 Å². The highest BCUT2D eigenvalue weighted by molar-refractivity contribution is 6.16. The molecule has 0 aliphatic heterocycles. The van der Waals surface area contributed by atoms with E-state index in [-0.39, 0.29) is 28.4 Å². The number of methoxy groups -OCH3 is 1. The van der Waals surface area contributed by atoms with Gasteiger partial charge >= 0.3 is 0 Å². The first-order chi connectivity index (χ1) is 13.7. The third kappa shape index (κ3) is 3.14. The predicted molar refractivity (Wildman–Crippen MR) is 102 cm³/mol. The van der Waals surface area contributed by atoms with E-state index in [1.165, 1.54) is 13.2 Å². The minimum atomic E-state index is -0.0455. The van der Waals surface area contributed by atoms with Gasteiger partial charge in [0, 0.05) is 11.3 Å². The summed E-state index contributed by atoms with van der Waals surface area (Å²) in [4.78, 5) is 8.83. The van der Waals surface area contributed by atoms with Gasteiger partial charge in [-0.05, 0) is 40.6 Å². The Kier molecular flexibility index (Phi) is 4.42. The van der Waals surface area contributed by atoms with Gasteiger partial charge in [-0.15, -0.1) is 0 Å². The normalized spacial score (nSPS) is 11.5. The van der Waals surface area contributed by atoms with Crippen LogP contribution in [0, 0.1) is 0 Å². The number of benzene rings is 2. The summed E-state index contributed by atoms with van der Waals surface area (Å²) in [6.45, 7) is 0. The molecule has 4 rings (SSSR count). The number of fused-ring (bicyclic) bond motifs is 1. The molecule has 0 atom stereocenters. The van der Waals surface area contributed by atoms with Gasteiger partial charge in [0.1, 0.15) is 22.9 Å². The maximum atomic E-state index is 10.3. The zero-order chi connectivity index (χ0) is 19.5. The molecule has 2 aromatic carbocycles. The van der Waals surface area contributed by atoms with Crippen LogP contribution in [0.1, 0.15) is 11.3 Å². The van der Waals surface area contributed by atoms with E-state index in [1.54, 1.807) is 12.1 Å². The molecule has 0 amide bonds. The number of nitrogens with zero attached hydrogens (tertiary/aromatic N) is 5. The second kappa shape index (κ2) is 7.19. The van der Waals surface area contributed by atoms with E-state index in [1.807, 2.05) is 30.3 Å². The molecule has 0 saturated carbocycles. The molecule has 0 bridgehead atoms. The molecule has 2 aromatic heterocycles. The molecule has 0 fully saturated rings. The van der Waals surface area contributed by atoms with Crippen LogP contribution in [0.4, 0.5) is 11.5 Å². The Labute approximate surface area is 158 Å². The number of hydrogen-bond donors (Lipinski definition) is 3. The van der Waals surface area contributed by atoms with E-state index in [0.717, 1.165) is 5.69 Å². The number of anilines is 2. The topological polar surface area (TPSA) is 145 Å². The number of aromatic nitrogens is 4. The Hall–Kier alpha value is -4.21. The van der Waals surface area contributed by atoms with Crippen molar-refractivity contribution in [3.8, 4) is 11.5 Å². The fourth-order valence-corrected chi connectivity index (χ4v) is 2.64. The number of para-hydroxylation sites is 1. The number of nitrogens with one attached hydrogen (secondary N) is 1. The van der Waals surface area contributed by atoms with E-state index in [9.17, 15) is 5.11 Å². The molecule has 4 N–H and O–H groups in total. The van der Waals surface area contributed by atoms with Gasteiger partial charge in [-0.25, -0.2) is 14.6 Å². The van der Waals surface area contributed by atoms with Crippen LogP contribution < -0.4 is 15.9 Å². The molecule has 2 heterocycles. The van der Waals surface area contributed by atoms with Crippen molar-refractivity contribution in [1.29, 1.82) is 0 Å². The van der Waals surface area contributed by atoms with Crippen molar-refractivity contribution in [1.82, 2.24) is 20.3 Å². The number of hydrazone groups is 1. The van der Waals surface area contributed by atoms with Gasteiger partial charge in [0.15, 0.2) is 5.82 Å². The first-order valence-electron chi connectivity index (χ1n) is 8.17. The van der Waals surface area contributed by atoms with Crippen LogP contribution in [0.25, 0.3) is 11.3 Å². The molecule has 28 heavy (non-hydrogen) atoms. The van der Waals surface area contributed by atoms with Crippen molar-refractivity contribution in [2.24, 2.45) is 10.9 Å². The Morgan fingerprint density at radius 1 is 1.11 bits per heavy atom. The lowest BCUT2D eigenvalue weighted by molar-refractivity contribution is 0.314. The second-order valence-electron chi connectivity index (χ2n) is 5.68. The minimum Gasteiger partial charge on any atom is -0.507 e. The van der Waals surface area contributed by atoms with Crippen molar-refractivity contribution in [2.45, 2.75) is 0 Å². The number of rotatable bonds is 5. The zero-order valence-electron chi connectivity index (χ0n) is 14.7. The molecule has 0 aliphatic rings. The van der Waals surface area contributed by atoms with E-state index < -0.39 is 0 Å². The maximum Gasteiger partial charge on any atom is 0.245 e. The Bertz CT molecular complexity index is 1160. The number of aromatic hydroxyl groups is 1. The lowest BCUT2D eigenvalue weighted by atomic mass is 10.0. The fraction of sp³-hybridized carbons (Fsp3) is 0.0556. The van der Waals surface area contributed by atoms with Crippen molar-refractivity contribution in [3.05, 3.63) is 59.8 Å². The van der Waals surface area contributed by atoms with Gasteiger partial charge in [-0.1, -0.05) is 18.2 Å². The fourth-order valence-electron chi connectivity index (χ4n) is 2.64. The molecule has 0 aliphatic carbocycles. The van der Waals surface area contributed by atoms with E-state index in [4.69, 9.17) is 15.2 Å². The number of phenols is 1. The summed E-state index contributed by atoms with van der Waals surface area (Å²) >= 11 is 0. The summed E-state index contributed by atoms with van der Waals surface area (Å²) in [7, 11) is 1.52. The first-order valence-corrected chi connectivity index (χ1v) is 8.17. The van der Waals surface area contributed by atoms with Crippen LogP contribution in [-0.2, 0) is 0 Å². The second-order valence-corrected chi connectivity index (χ2v) is 5.68. The molecule has 0 spiro atoms. The predicted octanol–water partition coefficient (Wildman–Crippen LogP) is 2.18. The molecule has 0 saturated heterocycles. The number of phenolic OH excluding ortho intramolecular Hbond substituents is 1.